The Kier molecular flexibility index (Phi) is 5.38. The van der Waals surface area contributed by atoms with Gasteiger partial charge in [0, 0.05) is 30.1 Å². The van der Waals surface area contributed by atoms with Gasteiger partial charge >= 0.3 is 5.97 Å². The molecule has 0 spiro atoms. The number of ether oxygens (including phenoxy) is 1. The SMILES string of the molecule is Cc1cccc(-c2csc(N3C[C@H]4C[C@@]4(C(=O)O)[C@@H]3C)n2)c1OCc1ccc2c(c1C)CCNC2. The fraction of sp³-hybridized carbons (Fsp3) is 0.429. The molecule has 182 valence electrons. The van der Waals surface area contributed by atoms with Crippen LogP contribution in [0.15, 0.2) is 35.7 Å². The highest BCUT2D eigenvalue weighted by molar-refractivity contribution is 7.14. The molecule has 3 atom stereocenters. The smallest absolute Gasteiger partial charge is 0.312 e. The number of rotatable bonds is 6. The number of carboxylic acids is 1. The number of benzene rings is 2. The maximum atomic E-state index is 11.9. The van der Waals surface area contributed by atoms with Gasteiger partial charge in [-0.15, -0.1) is 11.3 Å². The van der Waals surface area contributed by atoms with Crippen molar-refractivity contribution >= 4 is 22.4 Å². The standard InChI is InChI=1S/C28H31N3O3S/c1-16-5-4-6-23(25(16)34-14-20-8-7-19-12-29-10-9-22(19)17(20)2)24-15-35-27(30-24)31-13-21-11-28(21,18(31)3)26(32)33/h4-8,15,18,21,29H,9-14H2,1-3H3,(H,32,33)/t18-,21+,28+/m0/s1. The number of hydrogen-bond donors (Lipinski definition) is 2. The van der Waals surface area contributed by atoms with E-state index in [1.165, 1.54) is 22.3 Å². The average Bonchev–Trinajstić information content (AvgIpc) is 3.25. The Labute approximate surface area is 210 Å². The molecular weight excluding hydrogens is 458 g/mol. The van der Waals surface area contributed by atoms with Gasteiger partial charge in [0.1, 0.15) is 12.4 Å². The van der Waals surface area contributed by atoms with E-state index >= 15 is 0 Å². The first-order valence-electron chi connectivity index (χ1n) is 12.4. The Morgan fingerprint density at radius 3 is 2.97 bits per heavy atom. The Morgan fingerprint density at radius 2 is 2.17 bits per heavy atom. The number of carbonyl (C=O) groups is 1. The van der Waals surface area contributed by atoms with Crippen LogP contribution in [0.25, 0.3) is 11.3 Å². The number of nitrogens with one attached hydrogen (secondary N) is 1. The van der Waals surface area contributed by atoms with E-state index in [-0.39, 0.29) is 12.0 Å². The topological polar surface area (TPSA) is 74.7 Å². The van der Waals surface area contributed by atoms with Crippen molar-refractivity contribution in [3.05, 3.63) is 63.5 Å². The zero-order chi connectivity index (χ0) is 24.3. The summed E-state index contributed by atoms with van der Waals surface area (Å²) in [6.45, 7) is 9.56. The maximum Gasteiger partial charge on any atom is 0.312 e. The van der Waals surface area contributed by atoms with Crippen LogP contribution < -0.4 is 15.0 Å². The number of thiazole rings is 1. The summed E-state index contributed by atoms with van der Waals surface area (Å²) in [5.41, 5.74) is 7.76. The van der Waals surface area contributed by atoms with Crippen molar-refractivity contribution in [2.24, 2.45) is 11.3 Å². The van der Waals surface area contributed by atoms with Crippen molar-refractivity contribution in [1.29, 1.82) is 0 Å². The summed E-state index contributed by atoms with van der Waals surface area (Å²) in [5.74, 6) is 0.427. The van der Waals surface area contributed by atoms with E-state index < -0.39 is 11.4 Å². The molecule has 6 rings (SSSR count). The average molecular weight is 490 g/mol. The summed E-state index contributed by atoms with van der Waals surface area (Å²) in [6.07, 6.45) is 1.85. The Morgan fingerprint density at radius 1 is 1.31 bits per heavy atom. The van der Waals surface area contributed by atoms with Crippen molar-refractivity contribution in [2.75, 3.05) is 18.0 Å². The van der Waals surface area contributed by atoms with Crippen LogP contribution in [0.1, 0.15) is 41.2 Å². The van der Waals surface area contributed by atoms with E-state index in [9.17, 15) is 9.90 Å². The van der Waals surface area contributed by atoms with Gasteiger partial charge in [-0.3, -0.25) is 4.79 Å². The lowest BCUT2D eigenvalue weighted by molar-refractivity contribution is -0.144. The monoisotopic (exact) mass is 489 g/mol. The fourth-order valence-electron chi connectivity index (χ4n) is 6.13. The molecule has 3 aromatic rings. The molecule has 1 aromatic heterocycles. The summed E-state index contributed by atoms with van der Waals surface area (Å²) in [5, 5.41) is 16.2. The first-order valence-corrected chi connectivity index (χ1v) is 13.3. The van der Waals surface area contributed by atoms with Crippen LogP contribution in [-0.2, 0) is 24.4 Å². The number of aryl methyl sites for hydroxylation is 1. The molecular formula is C28H31N3O3S. The summed E-state index contributed by atoms with van der Waals surface area (Å²) < 4.78 is 6.47. The molecule has 1 saturated heterocycles. The minimum Gasteiger partial charge on any atom is -0.488 e. The fourth-order valence-corrected chi connectivity index (χ4v) is 7.05. The molecule has 2 N–H and O–H groups in total. The molecule has 6 nitrogen and oxygen atoms in total. The number of nitrogens with zero attached hydrogens (tertiary/aromatic N) is 2. The third-order valence-corrected chi connectivity index (χ3v) is 9.33. The van der Waals surface area contributed by atoms with Gasteiger partial charge in [-0.1, -0.05) is 24.3 Å². The number of hydrogen-bond acceptors (Lipinski definition) is 6. The Hall–Kier alpha value is -2.90. The zero-order valence-corrected chi connectivity index (χ0v) is 21.2. The van der Waals surface area contributed by atoms with Gasteiger partial charge in [0.05, 0.1) is 11.1 Å². The van der Waals surface area contributed by atoms with Crippen molar-refractivity contribution in [3.8, 4) is 17.0 Å². The number of aromatic nitrogens is 1. The molecule has 0 radical (unpaired) electrons. The summed E-state index contributed by atoms with van der Waals surface area (Å²) in [6, 6.07) is 10.6. The number of para-hydroxylation sites is 1. The number of anilines is 1. The lowest BCUT2D eigenvalue weighted by atomic mass is 9.93. The van der Waals surface area contributed by atoms with Crippen molar-refractivity contribution in [2.45, 2.75) is 52.8 Å². The second-order valence-electron chi connectivity index (χ2n) is 10.2. The lowest BCUT2D eigenvalue weighted by Crippen LogP contribution is -2.37. The van der Waals surface area contributed by atoms with E-state index in [2.05, 4.69) is 53.7 Å². The number of carboxylic acid groups (broad SMARTS) is 1. The molecule has 3 heterocycles. The van der Waals surface area contributed by atoms with E-state index in [0.29, 0.717) is 6.61 Å². The molecule has 2 fully saturated rings. The lowest BCUT2D eigenvalue weighted by Gasteiger charge is -2.26. The van der Waals surface area contributed by atoms with Crippen LogP contribution in [0.5, 0.6) is 5.75 Å². The first-order chi connectivity index (χ1) is 16.9. The quantitative estimate of drug-likeness (QED) is 0.510. The van der Waals surface area contributed by atoms with Crippen molar-refractivity contribution < 1.29 is 14.6 Å². The van der Waals surface area contributed by atoms with E-state index in [1.807, 2.05) is 13.0 Å². The van der Waals surface area contributed by atoms with E-state index in [1.54, 1.807) is 11.3 Å². The molecule has 0 amide bonds. The highest BCUT2D eigenvalue weighted by Crippen LogP contribution is 2.62. The van der Waals surface area contributed by atoms with Crippen LogP contribution in [0, 0.1) is 25.2 Å². The maximum absolute atomic E-state index is 11.9. The van der Waals surface area contributed by atoms with Crippen molar-refractivity contribution in [3.63, 3.8) is 0 Å². The molecule has 0 unspecified atom stereocenters. The molecule has 0 bridgehead atoms. The number of piperidine rings is 1. The van der Waals surface area contributed by atoms with Crippen molar-refractivity contribution in [1.82, 2.24) is 10.3 Å². The molecule has 3 aliphatic rings. The van der Waals surface area contributed by atoms with Crippen LogP contribution in [-0.4, -0.2) is 35.2 Å². The number of fused-ring (bicyclic) bond motifs is 2. The molecule has 2 aliphatic heterocycles. The Bertz CT molecular complexity index is 1320. The first kappa shape index (κ1) is 22.6. The third-order valence-electron chi connectivity index (χ3n) is 8.45. The van der Waals surface area contributed by atoms with Gasteiger partial charge in [-0.05, 0) is 80.0 Å². The zero-order valence-electron chi connectivity index (χ0n) is 20.4. The summed E-state index contributed by atoms with van der Waals surface area (Å²) >= 11 is 1.59. The van der Waals surface area contributed by atoms with Gasteiger partial charge in [0.2, 0.25) is 0 Å². The van der Waals surface area contributed by atoms with Gasteiger partial charge in [0.25, 0.3) is 0 Å². The van der Waals surface area contributed by atoms with E-state index in [0.717, 1.165) is 60.2 Å². The Balaban J connectivity index is 1.25. The van der Waals surface area contributed by atoms with Gasteiger partial charge in [0.15, 0.2) is 5.13 Å². The highest BCUT2D eigenvalue weighted by atomic mass is 32.1. The second kappa shape index (κ2) is 8.35. The van der Waals surface area contributed by atoms with Crippen LogP contribution in [0.2, 0.25) is 0 Å². The van der Waals surface area contributed by atoms with E-state index in [4.69, 9.17) is 9.72 Å². The summed E-state index contributed by atoms with van der Waals surface area (Å²) in [7, 11) is 0. The van der Waals surface area contributed by atoms with Gasteiger partial charge in [-0.2, -0.15) is 0 Å². The summed E-state index contributed by atoms with van der Waals surface area (Å²) in [4.78, 5) is 19.0. The minimum absolute atomic E-state index is 0.0422. The highest BCUT2D eigenvalue weighted by Gasteiger charge is 2.70. The largest absolute Gasteiger partial charge is 0.488 e. The molecule has 35 heavy (non-hydrogen) atoms. The van der Waals surface area contributed by atoms with Crippen LogP contribution in [0.3, 0.4) is 0 Å². The van der Waals surface area contributed by atoms with Gasteiger partial charge < -0.3 is 20.1 Å². The molecule has 1 saturated carbocycles. The predicted octanol–water partition coefficient (Wildman–Crippen LogP) is 4.95. The third kappa shape index (κ3) is 3.55. The second-order valence-corrected chi connectivity index (χ2v) is 11.1. The molecule has 2 aromatic carbocycles. The molecule has 7 heteroatoms. The van der Waals surface area contributed by atoms with Crippen LogP contribution in [0.4, 0.5) is 5.13 Å². The predicted molar refractivity (Wildman–Crippen MR) is 138 cm³/mol. The minimum atomic E-state index is -0.669. The van der Waals surface area contributed by atoms with Crippen LogP contribution >= 0.6 is 11.3 Å². The van der Waals surface area contributed by atoms with Gasteiger partial charge in [-0.25, -0.2) is 4.98 Å². The normalized spacial score (nSPS) is 24.7. The number of aliphatic carboxylic acids is 1. The molecule has 1 aliphatic carbocycles.